The van der Waals surface area contributed by atoms with Crippen molar-refractivity contribution >= 4 is 0 Å². The van der Waals surface area contributed by atoms with Gasteiger partial charge in [-0.25, -0.2) is 0 Å². The van der Waals surface area contributed by atoms with Gasteiger partial charge in [0.25, 0.3) is 0 Å². The summed E-state index contributed by atoms with van der Waals surface area (Å²) in [6, 6.07) is 10.8. The maximum atomic E-state index is 3.65. The van der Waals surface area contributed by atoms with Gasteiger partial charge in [0.15, 0.2) is 0 Å². The maximum absolute atomic E-state index is 3.65. The fourth-order valence-electron chi connectivity index (χ4n) is 2.97. The first kappa shape index (κ1) is 15.5. The molecule has 0 spiro atoms. The Morgan fingerprint density at radius 2 is 1.75 bits per heavy atom. The largest absolute Gasteiger partial charge is 0.309 e. The highest BCUT2D eigenvalue weighted by atomic mass is 15.3. The molecule has 2 heteroatoms. The number of rotatable bonds is 5. The van der Waals surface area contributed by atoms with E-state index in [0.29, 0.717) is 0 Å². The Kier molecular flexibility index (Phi) is 4.87. The van der Waals surface area contributed by atoms with Gasteiger partial charge >= 0.3 is 0 Å². The standard InChI is InChI=1S/C18H30N2/c1-17(2)15-20(18(3,4)14-19-17)13-9-8-12-16-10-6-5-7-11-16/h5-7,10-11,19H,8-9,12-15H2,1-4H3. The minimum Gasteiger partial charge on any atom is -0.309 e. The molecule has 0 saturated carbocycles. The highest BCUT2D eigenvalue weighted by Gasteiger charge is 2.36. The second kappa shape index (κ2) is 6.28. The fourth-order valence-corrected chi connectivity index (χ4v) is 2.97. The van der Waals surface area contributed by atoms with Gasteiger partial charge in [0.05, 0.1) is 0 Å². The van der Waals surface area contributed by atoms with E-state index >= 15 is 0 Å². The quantitative estimate of drug-likeness (QED) is 0.827. The highest BCUT2D eigenvalue weighted by molar-refractivity contribution is 5.14. The molecule has 1 aliphatic rings. The number of nitrogens with zero attached hydrogens (tertiary/aromatic N) is 1. The molecule has 0 aliphatic carbocycles. The van der Waals surface area contributed by atoms with Gasteiger partial charge < -0.3 is 5.32 Å². The van der Waals surface area contributed by atoms with Crippen molar-refractivity contribution in [2.45, 2.75) is 58.0 Å². The average Bonchev–Trinajstić information content (AvgIpc) is 2.40. The molecule has 1 fully saturated rings. The molecule has 1 N–H and O–H groups in total. The minimum atomic E-state index is 0.245. The summed E-state index contributed by atoms with van der Waals surface area (Å²) >= 11 is 0. The number of piperazine rings is 1. The lowest BCUT2D eigenvalue weighted by Crippen LogP contribution is -2.66. The molecule has 1 heterocycles. The Labute approximate surface area is 124 Å². The van der Waals surface area contributed by atoms with Crippen LogP contribution >= 0.6 is 0 Å². The number of unbranched alkanes of at least 4 members (excludes halogenated alkanes) is 1. The van der Waals surface area contributed by atoms with Crippen LogP contribution in [0.25, 0.3) is 0 Å². The van der Waals surface area contributed by atoms with Crippen LogP contribution in [0.5, 0.6) is 0 Å². The lowest BCUT2D eigenvalue weighted by atomic mass is 9.91. The first-order valence-corrected chi connectivity index (χ1v) is 7.93. The van der Waals surface area contributed by atoms with Gasteiger partial charge in [0.1, 0.15) is 0 Å². The molecule has 0 bridgehead atoms. The van der Waals surface area contributed by atoms with Crippen molar-refractivity contribution in [3.63, 3.8) is 0 Å². The Morgan fingerprint density at radius 3 is 2.45 bits per heavy atom. The number of hydrogen-bond donors (Lipinski definition) is 1. The van der Waals surface area contributed by atoms with Crippen molar-refractivity contribution in [1.29, 1.82) is 0 Å². The first-order chi connectivity index (χ1) is 9.39. The second-order valence-corrected chi connectivity index (χ2v) is 7.41. The van der Waals surface area contributed by atoms with E-state index in [0.717, 1.165) is 13.1 Å². The minimum absolute atomic E-state index is 0.245. The maximum Gasteiger partial charge on any atom is 0.0278 e. The summed E-state index contributed by atoms with van der Waals surface area (Å²) in [5, 5.41) is 3.65. The molecule has 0 unspecified atom stereocenters. The van der Waals surface area contributed by atoms with Crippen LogP contribution in [0.4, 0.5) is 0 Å². The third-order valence-corrected chi connectivity index (χ3v) is 4.43. The molecule has 0 amide bonds. The molecule has 1 saturated heterocycles. The lowest BCUT2D eigenvalue weighted by molar-refractivity contribution is 0.0380. The van der Waals surface area contributed by atoms with Crippen molar-refractivity contribution in [2.24, 2.45) is 0 Å². The fraction of sp³-hybridized carbons (Fsp3) is 0.667. The highest BCUT2D eigenvalue weighted by Crippen LogP contribution is 2.23. The Morgan fingerprint density at radius 1 is 1.05 bits per heavy atom. The summed E-state index contributed by atoms with van der Waals surface area (Å²) < 4.78 is 0. The molecule has 0 radical (unpaired) electrons. The summed E-state index contributed by atoms with van der Waals surface area (Å²) in [5.41, 5.74) is 1.99. The summed E-state index contributed by atoms with van der Waals surface area (Å²) in [7, 11) is 0. The third-order valence-electron chi connectivity index (χ3n) is 4.43. The van der Waals surface area contributed by atoms with Crippen LogP contribution in [0, 0.1) is 0 Å². The van der Waals surface area contributed by atoms with Crippen LogP contribution in [-0.2, 0) is 6.42 Å². The Hall–Kier alpha value is -0.860. The van der Waals surface area contributed by atoms with E-state index in [4.69, 9.17) is 0 Å². The number of nitrogens with one attached hydrogen (secondary N) is 1. The van der Waals surface area contributed by atoms with Crippen molar-refractivity contribution in [3.8, 4) is 0 Å². The van der Waals surface area contributed by atoms with Crippen molar-refractivity contribution in [3.05, 3.63) is 35.9 Å². The summed E-state index contributed by atoms with van der Waals surface area (Å²) in [6.45, 7) is 12.8. The molecule has 1 aromatic rings. The van der Waals surface area contributed by atoms with Gasteiger partial charge in [-0.3, -0.25) is 4.90 Å². The zero-order valence-electron chi connectivity index (χ0n) is 13.6. The Balaban J connectivity index is 1.77. The van der Waals surface area contributed by atoms with Crippen LogP contribution in [0.3, 0.4) is 0 Å². The number of benzene rings is 1. The van der Waals surface area contributed by atoms with Crippen LogP contribution in [0.2, 0.25) is 0 Å². The van der Waals surface area contributed by atoms with E-state index in [9.17, 15) is 0 Å². The zero-order valence-corrected chi connectivity index (χ0v) is 13.6. The summed E-state index contributed by atoms with van der Waals surface area (Å²) in [5.74, 6) is 0. The predicted molar refractivity (Wildman–Crippen MR) is 87.1 cm³/mol. The van der Waals surface area contributed by atoms with E-state index in [-0.39, 0.29) is 11.1 Å². The van der Waals surface area contributed by atoms with E-state index in [1.54, 1.807) is 0 Å². The second-order valence-electron chi connectivity index (χ2n) is 7.41. The Bertz CT molecular complexity index is 409. The molecule has 112 valence electrons. The normalized spacial score (nSPS) is 21.8. The topological polar surface area (TPSA) is 15.3 Å². The van der Waals surface area contributed by atoms with Gasteiger partial charge in [-0.2, -0.15) is 0 Å². The molecular formula is C18H30N2. The monoisotopic (exact) mass is 274 g/mol. The van der Waals surface area contributed by atoms with Crippen LogP contribution in [0.1, 0.15) is 46.1 Å². The van der Waals surface area contributed by atoms with Crippen LogP contribution in [-0.4, -0.2) is 35.6 Å². The molecule has 20 heavy (non-hydrogen) atoms. The zero-order chi connectivity index (χ0) is 14.6. The lowest BCUT2D eigenvalue weighted by Gasteiger charge is -2.49. The molecule has 0 aromatic heterocycles. The van der Waals surface area contributed by atoms with Crippen LogP contribution < -0.4 is 5.32 Å². The van der Waals surface area contributed by atoms with Crippen molar-refractivity contribution in [1.82, 2.24) is 10.2 Å². The van der Waals surface area contributed by atoms with Gasteiger partial charge in [0.2, 0.25) is 0 Å². The molecule has 1 aliphatic heterocycles. The number of hydrogen-bond acceptors (Lipinski definition) is 2. The van der Waals surface area contributed by atoms with Crippen molar-refractivity contribution in [2.75, 3.05) is 19.6 Å². The molecule has 2 nitrogen and oxygen atoms in total. The smallest absolute Gasteiger partial charge is 0.0278 e. The number of aryl methyl sites for hydroxylation is 1. The SMILES string of the molecule is CC1(C)CN(CCCCc2ccccc2)C(C)(C)CN1. The van der Waals surface area contributed by atoms with Crippen LogP contribution in [0.15, 0.2) is 30.3 Å². The van der Waals surface area contributed by atoms with E-state index in [1.807, 2.05) is 0 Å². The summed E-state index contributed by atoms with van der Waals surface area (Å²) in [4.78, 5) is 2.66. The third kappa shape index (κ3) is 4.32. The molecule has 1 aromatic carbocycles. The molecule has 2 rings (SSSR count). The summed E-state index contributed by atoms with van der Waals surface area (Å²) in [6.07, 6.45) is 3.77. The van der Waals surface area contributed by atoms with Gasteiger partial charge in [-0.15, -0.1) is 0 Å². The van der Waals surface area contributed by atoms with E-state index < -0.39 is 0 Å². The average molecular weight is 274 g/mol. The predicted octanol–water partition coefficient (Wildman–Crippen LogP) is 3.47. The molecular weight excluding hydrogens is 244 g/mol. The first-order valence-electron chi connectivity index (χ1n) is 7.93. The van der Waals surface area contributed by atoms with Crippen molar-refractivity contribution < 1.29 is 0 Å². The van der Waals surface area contributed by atoms with E-state index in [2.05, 4.69) is 68.2 Å². The van der Waals surface area contributed by atoms with E-state index in [1.165, 1.54) is 31.4 Å². The van der Waals surface area contributed by atoms with Gasteiger partial charge in [-0.05, 0) is 59.1 Å². The van der Waals surface area contributed by atoms with Gasteiger partial charge in [0, 0.05) is 24.2 Å². The molecule has 0 atom stereocenters. The van der Waals surface area contributed by atoms with Gasteiger partial charge in [-0.1, -0.05) is 30.3 Å².